The van der Waals surface area contributed by atoms with E-state index in [1.807, 2.05) is 6.92 Å². The van der Waals surface area contributed by atoms with E-state index >= 15 is 0 Å². The van der Waals surface area contributed by atoms with Crippen molar-refractivity contribution in [3.8, 4) is 0 Å². The van der Waals surface area contributed by atoms with Crippen LogP contribution in [0.25, 0.3) is 0 Å². The fourth-order valence-corrected chi connectivity index (χ4v) is 3.32. The molecule has 0 aromatic carbocycles. The van der Waals surface area contributed by atoms with Gasteiger partial charge in [0.05, 0.1) is 7.11 Å². The highest BCUT2D eigenvalue weighted by Crippen LogP contribution is 2.23. The summed E-state index contributed by atoms with van der Waals surface area (Å²) in [5.74, 6) is 0.709. The molecule has 0 aromatic rings. The van der Waals surface area contributed by atoms with Gasteiger partial charge in [-0.05, 0) is 52.6 Å². The molecule has 1 aliphatic rings. The minimum absolute atomic E-state index is 0.165. The minimum atomic E-state index is -0.611. The zero-order valence-electron chi connectivity index (χ0n) is 13.9. The number of ether oxygens (including phenoxy) is 1. The third kappa shape index (κ3) is 5.06. The summed E-state index contributed by atoms with van der Waals surface area (Å²) in [5.41, 5.74) is -0.611. The average molecular weight is 284 g/mol. The van der Waals surface area contributed by atoms with E-state index in [0.29, 0.717) is 0 Å². The van der Waals surface area contributed by atoms with Crippen LogP contribution in [0.2, 0.25) is 0 Å². The summed E-state index contributed by atoms with van der Waals surface area (Å²) in [6.45, 7) is 11.3. The third-order valence-corrected chi connectivity index (χ3v) is 4.19. The summed E-state index contributed by atoms with van der Waals surface area (Å²) in [6.07, 6.45) is 5.13. The number of nitrogens with one attached hydrogen (secondary N) is 1. The Bertz CT molecular complexity index is 299. The molecule has 4 nitrogen and oxygen atoms in total. The largest absolute Gasteiger partial charge is 0.468 e. The predicted molar refractivity (Wildman–Crippen MR) is 82.8 cm³/mol. The molecule has 0 aliphatic carbocycles. The zero-order chi connectivity index (χ0) is 15.2. The molecule has 1 saturated heterocycles. The molecule has 0 amide bonds. The zero-order valence-corrected chi connectivity index (χ0v) is 13.9. The molecular formula is C16H32N2O2. The summed E-state index contributed by atoms with van der Waals surface area (Å²) in [4.78, 5) is 14.5. The van der Waals surface area contributed by atoms with Crippen LogP contribution < -0.4 is 5.32 Å². The van der Waals surface area contributed by atoms with Crippen molar-refractivity contribution in [3.05, 3.63) is 0 Å². The Kier molecular flexibility index (Phi) is 6.96. The van der Waals surface area contributed by atoms with Gasteiger partial charge in [0, 0.05) is 12.6 Å². The standard InChI is InChI=1S/C16H32N2O2/c1-6-7-14-8-10-18(11-9-14)12-16(4,15(19)20-5)17-13(2)3/h13-14,17H,6-12H2,1-5H3. The molecule has 1 atom stereocenters. The van der Waals surface area contributed by atoms with E-state index in [2.05, 4.69) is 31.0 Å². The molecule has 1 rings (SSSR count). The van der Waals surface area contributed by atoms with Crippen molar-refractivity contribution in [3.63, 3.8) is 0 Å². The highest BCUT2D eigenvalue weighted by atomic mass is 16.5. The maximum Gasteiger partial charge on any atom is 0.327 e. The van der Waals surface area contributed by atoms with Crippen molar-refractivity contribution in [1.82, 2.24) is 10.2 Å². The Morgan fingerprint density at radius 1 is 1.40 bits per heavy atom. The van der Waals surface area contributed by atoms with E-state index < -0.39 is 5.54 Å². The molecule has 0 spiro atoms. The number of nitrogens with zero attached hydrogens (tertiary/aromatic N) is 1. The Hall–Kier alpha value is -0.610. The number of hydrogen-bond donors (Lipinski definition) is 1. The quantitative estimate of drug-likeness (QED) is 0.729. The molecule has 118 valence electrons. The molecule has 1 aliphatic heterocycles. The lowest BCUT2D eigenvalue weighted by molar-refractivity contribution is -0.149. The van der Waals surface area contributed by atoms with E-state index in [9.17, 15) is 4.79 Å². The monoisotopic (exact) mass is 284 g/mol. The van der Waals surface area contributed by atoms with Crippen LogP contribution in [0.1, 0.15) is 53.4 Å². The van der Waals surface area contributed by atoms with Crippen LogP contribution >= 0.6 is 0 Å². The lowest BCUT2D eigenvalue weighted by atomic mass is 9.91. The molecule has 0 saturated carbocycles. The third-order valence-electron chi connectivity index (χ3n) is 4.19. The lowest BCUT2D eigenvalue weighted by Crippen LogP contribution is -2.60. The van der Waals surface area contributed by atoms with Gasteiger partial charge in [-0.1, -0.05) is 19.8 Å². The number of hydrogen-bond acceptors (Lipinski definition) is 4. The van der Waals surface area contributed by atoms with E-state index in [-0.39, 0.29) is 12.0 Å². The van der Waals surface area contributed by atoms with Gasteiger partial charge in [0.1, 0.15) is 5.54 Å². The van der Waals surface area contributed by atoms with Crippen molar-refractivity contribution in [1.29, 1.82) is 0 Å². The maximum absolute atomic E-state index is 12.1. The summed E-state index contributed by atoms with van der Waals surface area (Å²) in [6, 6.07) is 0.261. The van der Waals surface area contributed by atoms with Crippen molar-refractivity contribution in [2.75, 3.05) is 26.7 Å². The summed E-state index contributed by atoms with van der Waals surface area (Å²) in [5, 5.41) is 3.37. The first-order valence-electron chi connectivity index (χ1n) is 7.99. The van der Waals surface area contributed by atoms with Gasteiger partial charge >= 0.3 is 5.97 Å². The number of piperidine rings is 1. The van der Waals surface area contributed by atoms with Gasteiger partial charge in [0.2, 0.25) is 0 Å². The van der Waals surface area contributed by atoms with Crippen LogP contribution in [0.5, 0.6) is 0 Å². The lowest BCUT2D eigenvalue weighted by Gasteiger charge is -2.39. The van der Waals surface area contributed by atoms with Gasteiger partial charge in [-0.3, -0.25) is 10.1 Å². The molecule has 20 heavy (non-hydrogen) atoms. The van der Waals surface area contributed by atoms with Crippen LogP contribution in [-0.4, -0.2) is 49.2 Å². The normalized spacial score (nSPS) is 20.9. The Morgan fingerprint density at radius 3 is 2.45 bits per heavy atom. The number of likely N-dealkylation sites (tertiary alicyclic amines) is 1. The molecule has 4 heteroatoms. The molecule has 1 fully saturated rings. The first kappa shape index (κ1) is 17.4. The van der Waals surface area contributed by atoms with Gasteiger partial charge in [-0.25, -0.2) is 0 Å². The second kappa shape index (κ2) is 7.99. The minimum Gasteiger partial charge on any atom is -0.468 e. The van der Waals surface area contributed by atoms with Gasteiger partial charge in [0.15, 0.2) is 0 Å². The molecule has 0 radical (unpaired) electrons. The van der Waals surface area contributed by atoms with Crippen LogP contribution in [0.3, 0.4) is 0 Å². The van der Waals surface area contributed by atoms with E-state index in [1.165, 1.54) is 32.8 Å². The summed E-state index contributed by atoms with van der Waals surface area (Å²) >= 11 is 0. The summed E-state index contributed by atoms with van der Waals surface area (Å²) in [7, 11) is 1.47. The SMILES string of the molecule is CCCC1CCN(CC(C)(NC(C)C)C(=O)OC)CC1. The van der Waals surface area contributed by atoms with Crippen LogP contribution in [0.4, 0.5) is 0 Å². The number of methoxy groups -OCH3 is 1. The molecule has 0 aromatic heterocycles. The van der Waals surface area contributed by atoms with Crippen LogP contribution in [0.15, 0.2) is 0 Å². The van der Waals surface area contributed by atoms with Gasteiger partial charge in [-0.15, -0.1) is 0 Å². The molecule has 1 unspecified atom stereocenters. The second-order valence-electron chi connectivity index (χ2n) is 6.63. The van der Waals surface area contributed by atoms with Crippen molar-refractivity contribution < 1.29 is 9.53 Å². The van der Waals surface area contributed by atoms with Crippen molar-refractivity contribution >= 4 is 5.97 Å². The molecule has 1 N–H and O–H groups in total. The topological polar surface area (TPSA) is 41.6 Å². The van der Waals surface area contributed by atoms with Gasteiger partial charge in [0.25, 0.3) is 0 Å². The predicted octanol–water partition coefficient (Wildman–Crippen LogP) is 2.43. The first-order chi connectivity index (χ1) is 9.41. The number of rotatable bonds is 7. The number of carbonyl (C=O) groups excluding carboxylic acids is 1. The van der Waals surface area contributed by atoms with E-state index in [0.717, 1.165) is 25.6 Å². The van der Waals surface area contributed by atoms with Crippen molar-refractivity contribution in [2.24, 2.45) is 5.92 Å². The maximum atomic E-state index is 12.1. The number of esters is 1. The molecule has 1 heterocycles. The highest BCUT2D eigenvalue weighted by molar-refractivity contribution is 5.80. The summed E-state index contributed by atoms with van der Waals surface area (Å²) < 4.78 is 4.99. The van der Waals surface area contributed by atoms with Crippen LogP contribution in [-0.2, 0) is 9.53 Å². The average Bonchev–Trinajstić information content (AvgIpc) is 2.39. The smallest absolute Gasteiger partial charge is 0.327 e. The Morgan fingerprint density at radius 2 is 2.00 bits per heavy atom. The van der Waals surface area contributed by atoms with Crippen molar-refractivity contribution in [2.45, 2.75) is 65.0 Å². The highest BCUT2D eigenvalue weighted by Gasteiger charge is 2.37. The molecule has 0 bridgehead atoms. The van der Waals surface area contributed by atoms with Gasteiger partial charge < -0.3 is 9.64 Å². The number of carbonyl (C=O) groups is 1. The Labute approximate surface area is 124 Å². The Balaban J connectivity index is 2.56. The van der Waals surface area contributed by atoms with E-state index in [4.69, 9.17) is 4.74 Å². The van der Waals surface area contributed by atoms with Gasteiger partial charge in [-0.2, -0.15) is 0 Å². The van der Waals surface area contributed by atoms with E-state index in [1.54, 1.807) is 0 Å². The molecular weight excluding hydrogens is 252 g/mol. The van der Waals surface area contributed by atoms with Crippen LogP contribution in [0, 0.1) is 5.92 Å². The first-order valence-corrected chi connectivity index (χ1v) is 7.99. The fourth-order valence-electron chi connectivity index (χ4n) is 3.32. The second-order valence-corrected chi connectivity index (χ2v) is 6.63. The fraction of sp³-hybridized carbons (Fsp3) is 0.938.